The van der Waals surface area contributed by atoms with Gasteiger partial charge in [0, 0.05) is 19.1 Å². The summed E-state index contributed by atoms with van der Waals surface area (Å²) in [6.45, 7) is 7.24. The molecule has 1 heterocycles. The minimum absolute atomic E-state index is 0.157. The average Bonchev–Trinajstić information content (AvgIpc) is 2.80. The van der Waals surface area contributed by atoms with E-state index in [-0.39, 0.29) is 11.9 Å². The van der Waals surface area contributed by atoms with Crippen molar-refractivity contribution in [3.8, 4) is 0 Å². The summed E-state index contributed by atoms with van der Waals surface area (Å²) in [7, 11) is 0. The Labute approximate surface area is 109 Å². The number of nitrogens with two attached hydrogens (primary N) is 1. The van der Waals surface area contributed by atoms with Crippen LogP contribution in [0, 0.1) is 17.7 Å². The van der Waals surface area contributed by atoms with Crippen molar-refractivity contribution in [1.82, 2.24) is 4.90 Å². The van der Waals surface area contributed by atoms with Gasteiger partial charge in [-0.25, -0.2) is 4.39 Å². The molecule has 1 aliphatic rings. The summed E-state index contributed by atoms with van der Waals surface area (Å²) in [6, 6.07) is 7.00. The van der Waals surface area contributed by atoms with Crippen LogP contribution in [-0.2, 0) is 0 Å². The molecule has 2 unspecified atom stereocenters. The predicted molar refractivity (Wildman–Crippen MR) is 72.7 cm³/mol. The molecule has 1 saturated heterocycles. The lowest BCUT2D eigenvalue weighted by Crippen LogP contribution is -2.32. The van der Waals surface area contributed by atoms with Crippen LogP contribution in [0.4, 0.5) is 4.39 Å². The highest BCUT2D eigenvalue weighted by atomic mass is 19.1. The minimum Gasteiger partial charge on any atom is -0.329 e. The first-order chi connectivity index (χ1) is 8.61. The highest BCUT2D eigenvalue weighted by Gasteiger charge is 2.29. The van der Waals surface area contributed by atoms with Gasteiger partial charge >= 0.3 is 0 Å². The van der Waals surface area contributed by atoms with Gasteiger partial charge in [0.25, 0.3) is 0 Å². The van der Waals surface area contributed by atoms with Crippen molar-refractivity contribution in [2.24, 2.45) is 17.6 Å². The normalized spacial score (nSPS) is 22.6. The van der Waals surface area contributed by atoms with Crippen molar-refractivity contribution >= 4 is 0 Å². The summed E-state index contributed by atoms with van der Waals surface area (Å²) in [5.41, 5.74) is 6.89. The molecule has 0 aliphatic carbocycles. The molecule has 1 aromatic carbocycles. The monoisotopic (exact) mass is 250 g/mol. The number of benzene rings is 1. The molecule has 1 fully saturated rings. The van der Waals surface area contributed by atoms with Crippen LogP contribution >= 0.6 is 0 Å². The summed E-state index contributed by atoms with van der Waals surface area (Å²) in [4.78, 5) is 2.40. The number of nitrogens with zero attached hydrogens (tertiary/aromatic N) is 1. The van der Waals surface area contributed by atoms with E-state index in [4.69, 9.17) is 5.73 Å². The van der Waals surface area contributed by atoms with Crippen molar-refractivity contribution in [3.05, 3.63) is 35.6 Å². The summed E-state index contributed by atoms with van der Waals surface area (Å²) < 4.78 is 13.3. The predicted octanol–water partition coefficient (Wildman–Crippen LogP) is 2.80. The Kier molecular flexibility index (Phi) is 4.36. The lowest BCUT2D eigenvalue weighted by atomic mass is 9.95. The second-order valence-electron chi connectivity index (χ2n) is 5.59. The molecule has 1 aliphatic heterocycles. The molecule has 0 radical (unpaired) electrons. The van der Waals surface area contributed by atoms with Crippen molar-refractivity contribution in [2.45, 2.75) is 26.3 Å². The molecule has 3 heteroatoms. The molecule has 18 heavy (non-hydrogen) atoms. The van der Waals surface area contributed by atoms with Crippen molar-refractivity contribution < 1.29 is 4.39 Å². The highest BCUT2D eigenvalue weighted by Crippen LogP contribution is 2.30. The zero-order chi connectivity index (χ0) is 13.1. The van der Waals surface area contributed by atoms with Crippen LogP contribution in [0.15, 0.2) is 24.3 Å². The Balaban J connectivity index is 2.10. The van der Waals surface area contributed by atoms with Gasteiger partial charge in [-0.15, -0.1) is 0 Å². The fourth-order valence-electron chi connectivity index (χ4n) is 2.85. The largest absolute Gasteiger partial charge is 0.329 e. The van der Waals surface area contributed by atoms with Gasteiger partial charge in [-0.05, 0) is 42.5 Å². The number of halogens is 1. The van der Waals surface area contributed by atoms with Crippen molar-refractivity contribution in [2.75, 3.05) is 19.6 Å². The maximum absolute atomic E-state index is 13.3. The third-order valence-electron chi connectivity index (χ3n) is 4.10. The Morgan fingerprint density at radius 1 is 1.44 bits per heavy atom. The standard InChI is InChI=1S/C15H23FN2/c1-11(2)13-6-7-18(10-13)15(9-17)12-4-3-5-14(16)8-12/h3-5,8,11,13,15H,6-7,9-10,17H2,1-2H3. The van der Waals surface area contributed by atoms with Crippen LogP contribution in [0.5, 0.6) is 0 Å². The maximum atomic E-state index is 13.3. The molecule has 2 nitrogen and oxygen atoms in total. The Bertz CT molecular complexity index is 392. The molecular weight excluding hydrogens is 227 g/mol. The molecule has 0 spiro atoms. The fraction of sp³-hybridized carbons (Fsp3) is 0.600. The van der Waals surface area contributed by atoms with Gasteiger partial charge < -0.3 is 5.73 Å². The number of hydrogen-bond acceptors (Lipinski definition) is 2. The maximum Gasteiger partial charge on any atom is 0.123 e. The van der Waals surface area contributed by atoms with Gasteiger partial charge in [0.2, 0.25) is 0 Å². The number of hydrogen-bond donors (Lipinski definition) is 1. The quantitative estimate of drug-likeness (QED) is 0.890. The third-order valence-corrected chi connectivity index (χ3v) is 4.10. The minimum atomic E-state index is -0.175. The van der Waals surface area contributed by atoms with E-state index in [0.29, 0.717) is 12.5 Å². The molecule has 2 rings (SSSR count). The Morgan fingerprint density at radius 3 is 2.78 bits per heavy atom. The molecular formula is C15H23FN2. The van der Waals surface area contributed by atoms with Crippen LogP contribution in [0.3, 0.4) is 0 Å². The van der Waals surface area contributed by atoms with Gasteiger partial charge in [-0.3, -0.25) is 4.90 Å². The molecule has 0 saturated carbocycles. The molecule has 100 valence electrons. The zero-order valence-corrected chi connectivity index (χ0v) is 11.3. The van der Waals surface area contributed by atoms with Crippen LogP contribution in [0.25, 0.3) is 0 Å². The van der Waals surface area contributed by atoms with E-state index in [1.165, 1.54) is 12.5 Å². The van der Waals surface area contributed by atoms with E-state index in [0.717, 1.165) is 24.6 Å². The van der Waals surface area contributed by atoms with E-state index in [1.807, 2.05) is 6.07 Å². The first-order valence-corrected chi connectivity index (χ1v) is 6.81. The smallest absolute Gasteiger partial charge is 0.123 e. The second-order valence-corrected chi connectivity index (χ2v) is 5.59. The summed E-state index contributed by atoms with van der Waals surface area (Å²) in [6.07, 6.45) is 1.23. The fourth-order valence-corrected chi connectivity index (χ4v) is 2.85. The zero-order valence-electron chi connectivity index (χ0n) is 11.3. The molecule has 0 amide bonds. The van der Waals surface area contributed by atoms with E-state index in [9.17, 15) is 4.39 Å². The van der Waals surface area contributed by atoms with E-state index in [2.05, 4.69) is 18.7 Å². The van der Waals surface area contributed by atoms with Crippen LogP contribution < -0.4 is 5.73 Å². The lowest BCUT2D eigenvalue weighted by Gasteiger charge is -2.27. The van der Waals surface area contributed by atoms with Gasteiger partial charge in [0.15, 0.2) is 0 Å². The third kappa shape index (κ3) is 2.90. The van der Waals surface area contributed by atoms with Gasteiger partial charge in [0.05, 0.1) is 0 Å². The molecule has 0 aromatic heterocycles. The summed E-state index contributed by atoms with van der Waals surface area (Å²) >= 11 is 0. The number of likely N-dealkylation sites (tertiary alicyclic amines) is 1. The summed E-state index contributed by atoms with van der Waals surface area (Å²) in [5.74, 6) is 1.28. The topological polar surface area (TPSA) is 29.3 Å². The van der Waals surface area contributed by atoms with E-state index < -0.39 is 0 Å². The second kappa shape index (κ2) is 5.81. The molecule has 1 aromatic rings. The Morgan fingerprint density at radius 2 is 2.22 bits per heavy atom. The van der Waals surface area contributed by atoms with E-state index >= 15 is 0 Å². The molecule has 0 bridgehead atoms. The summed E-state index contributed by atoms with van der Waals surface area (Å²) in [5, 5.41) is 0. The van der Waals surface area contributed by atoms with Gasteiger partial charge in [-0.1, -0.05) is 26.0 Å². The van der Waals surface area contributed by atoms with E-state index in [1.54, 1.807) is 12.1 Å². The van der Waals surface area contributed by atoms with Crippen molar-refractivity contribution in [3.63, 3.8) is 0 Å². The Hall–Kier alpha value is -0.930. The van der Waals surface area contributed by atoms with Gasteiger partial charge in [-0.2, -0.15) is 0 Å². The highest BCUT2D eigenvalue weighted by molar-refractivity contribution is 5.21. The number of rotatable bonds is 4. The SMILES string of the molecule is CC(C)C1CCN(C(CN)c2cccc(F)c2)C1. The van der Waals surface area contributed by atoms with Gasteiger partial charge in [0.1, 0.15) is 5.82 Å². The van der Waals surface area contributed by atoms with Crippen molar-refractivity contribution in [1.29, 1.82) is 0 Å². The van der Waals surface area contributed by atoms with Crippen LogP contribution in [0.1, 0.15) is 31.9 Å². The van der Waals surface area contributed by atoms with Crippen LogP contribution in [0.2, 0.25) is 0 Å². The lowest BCUT2D eigenvalue weighted by molar-refractivity contribution is 0.231. The van der Waals surface area contributed by atoms with Crippen LogP contribution in [-0.4, -0.2) is 24.5 Å². The first kappa shape index (κ1) is 13.5. The first-order valence-electron chi connectivity index (χ1n) is 6.81. The molecule has 2 N–H and O–H groups in total. The molecule has 2 atom stereocenters. The average molecular weight is 250 g/mol.